The average Bonchev–Trinajstić information content (AvgIpc) is 3.06. The number of hydrogen-bond acceptors (Lipinski definition) is 7. The molecular weight excluding hydrogens is 352 g/mol. The zero-order chi connectivity index (χ0) is 18.1. The van der Waals surface area contributed by atoms with Crippen LogP contribution in [0.1, 0.15) is 10.4 Å². The van der Waals surface area contributed by atoms with E-state index in [0.29, 0.717) is 30.2 Å². The van der Waals surface area contributed by atoms with Gasteiger partial charge in [0.05, 0.1) is 43.1 Å². The standard InChI is InChI=1S/C19H18N2O4S/c1-23-15-8-7-12(9-16(15)24-2)18(22)25-13-10-21(11-13)19-20-14-5-3-4-6-17(14)26-19/h3-9,13H,10-11H2,1-2H3. The lowest BCUT2D eigenvalue weighted by Crippen LogP contribution is -2.53. The first-order valence-electron chi connectivity index (χ1n) is 8.21. The van der Waals surface area contributed by atoms with Crippen molar-refractivity contribution in [1.82, 2.24) is 4.98 Å². The topological polar surface area (TPSA) is 60.9 Å². The Labute approximate surface area is 154 Å². The van der Waals surface area contributed by atoms with Crippen LogP contribution in [0.25, 0.3) is 10.2 Å². The molecule has 1 aliphatic heterocycles. The highest BCUT2D eigenvalue weighted by molar-refractivity contribution is 7.22. The van der Waals surface area contributed by atoms with Crippen molar-refractivity contribution in [3.63, 3.8) is 0 Å². The van der Waals surface area contributed by atoms with Gasteiger partial charge in [-0.25, -0.2) is 9.78 Å². The summed E-state index contributed by atoms with van der Waals surface area (Å²) in [5.41, 5.74) is 1.44. The largest absolute Gasteiger partial charge is 0.493 e. The summed E-state index contributed by atoms with van der Waals surface area (Å²) in [6.07, 6.45) is -0.136. The predicted octanol–water partition coefficient (Wildman–Crippen LogP) is 3.36. The maximum Gasteiger partial charge on any atom is 0.338 e. The van der Waals surface area contributed by atoms with Crippen molar-refractivity contribution in [1.29, 1.82) is 0 Å². The van der Waals surface area contributed by atoms with Crippen LogP contribution < -0.4 is 14.4 Å². The van der Waals surface area contributed by atoms with Gasteiger partial charge in [0.15, 0.2) is 16.6 Å². The van der Waals surface area contributed by atoms with E-state index in [4.69, 9.17) is 14.2 Å². The van der Waals surface area contributed by atoms with Gasteiger partial charge < -0.3 is 19.1 Å². The Morgan fingerprint density at radius 3 is 2.62 bits per heavy atom. The fraction of sp³-hybridized carbons (Fsp3) is 0.263. The van der Waals surface area contributed by atoms with Gasteiger partial charge in [-0.3, -0.25) is 0 Å². The number of thiazole rings is 1. The summed E-state index contributed by atoms with van der Waals surface area (Å²) < 4.78 is 17.1. The van der Waals surface area contributed by atoms with E-state index >= 15 is 0 Å². The molecule has 0 spiro atoms. The minimum Gasteiger partial charge on any atom is -0.493 e. The van der Waals surface area contributed by atoms with E-state index < -0.39 is 0 Å². The van der Waals surface area contributed by atoms with Crippen LogP contribution in [0.5, 0.6) is 11.5 Å². The second-order valence-electron chi connectivity index (χ2n) is 5.97. The summed E-state index contributed by atoms with van der Waals surface area (Å²) >= 11 is 1.65. The third-order valence-corrected chi connectivity index (χ3v) is 5.39. The molecule has 3 aromatic rings. The Morgan fingerprint density at radius 2 is 1.88 bits per heavy atom. The summed E-state index contributed by atoms with van der Waals surface area (Å²) in [6, 6.07) is 13.1. The van der Waals surface area contributed by atoms with Crippen molar-refractivity contribution in [2.45, 2.75) is 6.10 Å². The van der Waals surface area contributed by atoms with Crippen LogP contribution in [-0.2, 0) is 4.74 Å². The molecule has 1 fully saturated rings. The molecule has 1 aliphatic rings. The number of carbonyl (C=O) groups is 1. The number of ether oxygens (including phenoxy) is 3. The zero-order valence-electron chi connectivity index (χ0n) is 14.5. The number of hydrogen-bond donors (Lipinski definition) is 0. The number of aromatic nitrogens is 1. The quantitative estimate of drug-likeness (QED) is 0.642. The second kappa shape index (κ2) is 6.84. The fourth-order valence-corrected chi connectivity index (χ4v) is 3.83. The molecule has 6 nitrogen and oxygen atoms in total. The number of anilines is 1. The summed E-state index contributed by atoms with van der Waals surface area (Å²) in [4.78, 5) is 19.1. The first-order valence-corrected chi connectivity index (χ1v) is 9.03. The molecule has 4 rings (SSSR count). The van der Waals surface area contributed by atoms with Crippen molar-refractivity contribution in [2.75, 3.05) is 32.2 Å². The van der Waals surface area contributed by atoms with Crippen LogP contribution >= 0.6 is 11.3 Å². The Balaban J connectivity index is 1.38. The SMILES string of the molecule is COc1ccc(C(=O)OC2CN(c3nc4ccccc4s3)C2)cc1OC. The molecule has 0 radical (unpaired) electrons. The number of fused-ring (bicyclic) bond motifs is 1. The van der Waals surface area contributed by atoms with Gasteiger partial charge in [-0.2, -0.15) is 0 Å². The molecule has 1 aromatic heterocycles. The van der Waals surface area contributed by atoms with Crippen molar-refractivity contribution in [2.24, 2.45) is 0 Å². The van der Waals surface area contributed by atoms with Gasteiger partial charge >= 0.3 is 5.97 Å². The molecule has 1 saturated heterocycles. The lowest BCUT2D eigenvalue weighted by atomic mass is 10.1. The van der Waals surface area contributed by atoms with E-state index in [-0.39, 0.29) is 12.1 Å². The number of benzene rings is 2. The highest BCUT2D eigenvalue weighted by atomic mass is 32.1. The van der Waals surface area contributed by atoms with Crippen LogP contribution in [0.15, 0.2) is 42.5 Å². The molecule has 0 atom stereocenters. The van der Waals surface area contributed by atoms with Crippen molar-refractivity contribution in [3.8, 4) is 11.5 Å². The van der Waals surface area contributed by atoms with Crippen LogP contribution in [0.4, 0.5) is 5.13 Å². The fourth-order valence-electron chi connectivity index (χ4n) is 2.85. The summed E-state index contributed by atoms with van der Waals surface area (Å²) in [5, 5.41) is 0.963. The monoisotopic (exact) mass is 370 g/mol. The number of para-hydroxylation sites is 1. The molecule has 0 saturated carbocycles. The third-order valence-electron chi connectivity index (χ3n) is 4.29. The lowest BCUT2D eigenvalue weighted by molar-refractivity contribution is 0.0234. The molecule has 2 aromatic carbocycles. The molecular formula is C19H18N2O4S. The highest BCUT2D eigenvalue weighted by Gasteiger charge is 2.32. The maximum absolute atomic E-state index is 12.3. The second-order valence-corrected chi connectivity index (χ2v) is 6.98. The third kappa shape index (κ3) is 3.06. The van der Waals surface area contributed by atoms with Crippen molar-refractivity contribution < 1.29 is 19.0 Å². The van der Waals surface area contributed by atoms with E-state index in [2.05, 4.69) is 16.0 Å². The van der Waals surface area contributed by atoms with Gasteiger partial charge in [0.25, 0.3) is 0 Å². The highest BCUT2D eigenvalue weighted by Crippen LogP contribution is 2.32. The molecule has 0 unspecified atom stereocenters. The molecule has 0 N–H and O–H groups in total. The number of carbonyl (C=O) groups excluding carboxylic acids is 1. The smallest absolute Gasteiger partial charge is 0.338 e. The van der Waals surface area contributed by atoms with Gasteiger partial charge in [-0.1, -0.05) is 23.5 Å². The first-order chi connectivity index (χ1) is 12.7. The Kier molecular flexibility index (Phi) is 4.38. The van der Waals surface area contributed by atoms with Crippen LogP contribution in [0, 0.1) is 0 Å². The Hall–Kier alpha value is -2.80. The number of nitrogens with zero attached hydrogens (tertiary/aromatic N) is 2. The normalized spacial score (nSPS) is 14.2. The summed E-state index contributed by atoms with van der Waals surface area (Å²) in [6.45, 7) is 1.30. The molecule has 0 amide bonds. The maximum atomic E-state index is 12.3. The Bertz CT molecular complexity index is 917. The number of methoxy groups -OCH3 is 2. The minimum atomic E-state index is -0.361. The van der Waals surface area contributed by atoms with Crippen molar-refractivity contribution >= 4 is 32.7 Å². The van der Waals surface area contributed by atoms with Gasteiger partial charge in [0.1, 0.15) is 6.10 Å². The predicted molar refractivity (Wildman–Crippen MR) is 101 cm³/mol. The van der Waals surface area contributed by atoms with E-state index in [9.17, 15) is 4.79 Å². The molecule has 2 heterocycles. The molecule has 134 valence electrons. The molecule has 7 heteroatoms. The van der Waals surface area contributed by atoms with E-state index in [0.717, 1.165) is 15.3 Å². The van der Waals surface area contributed by atoms with Gasteiger partial charge in [0.2, 0.25) is 0 Å². The lowest BCUT2D eigenvalue weighted by Gasteiger charge is -2.38. The van der Waals surface area contributed by atoms with Crippen LogP contribution in [-0.4, -0.2) is 44.4 Å². The summed E-state index contributed by atoms with van der Waals surface area (Å²) in [5.74, 6) is 0.723. The number of rotatable bonds is 5. The van der Waals surface area contributed by atoms with E-state index in [1.54, 1.807) is 36.6 Å². The zero-order valence-corrected chi connectivity index (χ0v) is 15.3. The van der Waals surface area contributed by atoms with Crippen LogP contribution in [0.3, 0.4) is 0 Å². The minimum absolute atomic E-state index is 0.136. The van der Waals surface area contributed by atoms with E-state index in [1.807, 2.05) is 18.2 Å². The van der Waals surface area contributed by atoms with Crippen LogP contribution in [0.2, 0.25) is 0 Å². The summed E-state index contributed by atoms with van der Waals surface area (Å²) in [7, 11) is 3.09. The molecule has 26 heavy (non-hydrogen) atoms. The molecule has 0 bridgehead atoms. The van der Waals surface area contributed by atoms with Gasteiger partial charge in [-0.15, -0.1) is 0 Å². The first kappa shape index (κ1) is 16.7. The average molecular weight is 370 g/mol. The van der Waals surface area contributed by atoms with Crippen molar-refractivity contribution in [3.05, 3.63) is 48.0 Å². The van der Waals surface area contributed by atoms with Gasteiger partial charge in [0, 0.05) is 0 Å². The molecule has 0 aliphatic carbocycles. The van der Waals surface area contributed by atoms with E-state index in [1.165, 1.54) is 7.11 Å². The number of esters is 1. The Morgan fingerprint density at radius 1 is 1.12 bits per heavy atom. The van der Waals surface area contributed by atoms with Gasteiger partial charge in [-0.05, 0) is 30.3 Å².